The van der Waals surface area contributed by atoms with E-state index in [4.69, 9.17) is 0 Å². The van der Waals surface area contributed by atoms with Gasteiger partial charge in [-0.2, -0.15) is 0 Å². The van der Waals surface area contributed by atoms with E-state index in [0.717, 1.165) is 12.1 Å². The number of hydrogen-bond acceptors (Lipinski definition) is 2. The second-order valence-electron chi connectivity index (χ2n) is 3.80. The van der Waals surface area contributed by atoms with E-state index in [1.54, 1.807) is 0 Å². The minimum absolute atomic E-state index is 0.572. The number of hydrogen-bond donors (Lipinski definition) is 1. The third-order valence-electron chi connectivity index (χ3n) is 2.82. The molecule has 2 aromatic rings. The van der Waals surface area contributed by atoms with Crippen molar-refractivity contribution in [3.05, 3.63) is 41.1 Å². The Labute approximate surface area is 92.8 Å². The van der Waals surface area contributed by atoms with E-state index in [2.05, 4.69) is 34.4 Å². The fourth-order valence-electron chi connectivity index (χ4n) is 2.16. The topological polar surface area (TPSA) is 28.7 Å². The lowest BCUT2D eigenvalue weighted by atomic mass is 10.1. The smallest absolute Gasteiger partial charge is 0.137 e. The molecular formula is C12H12N2S. The highest BCUT2D eigenvalue weighted by Crippen LogP contribution is 2.42. The molecule has 2 aromatic heterocycles. The zero-order valence-corrected chi connectivity index (χ0v) is 9.34. The van der Waals surface area contributed by atoms with Crippen molar-refractivity contribution in [2.45, 2.75) is 18.6 Å². The molecule has 0 spiro atoms. The first-order valence-electron chi connectivity index (χ1n) is 5.10. The lowest BCUT2D eigenvalue weighted by Gasteiger charge is -2.08. The molecule has 3 heteroatoms. The lowest BCUT2D eigenvalue weighted by molar-refractivity contribution is 0.982. The molecule has 3 heterocycles. The molecule has 0 amide bonds. The highest BCUT2D eigenvalue weighted by atomic mass is 32.2. The predicted octanol–water partition coefficient (Wildman–Crippen LogP) is 3.56. The van der Waals surface area contributed by atoms with Crippen LogP contribution in [0.1, 0.15) is 22.9 Å². The van der Waals surface area contributed by atoms with E-state index < -0.39 is 0 Å². The number of rotatable bonds is 1. The van der Waals surface area contributed by atoms with Gasteiger partial charge >= 0.3 is 0 Å². The van der Waals surface area contributed by atoms with Gasteiger partial charge in [-0.3, -0.25) is 0 Å². The summed E-state index contributed by atoms with van der Waals surface area (Å²) in [5.74, 6) is 0. The highest BCUT2D eigenvalue weighted by Gasteiger charge is 2.20. The standard InChI is InChI=1S/C12H12N2S/c1-8-11(10-5-3-7-15-10)9-4-2-6-13-12(9)14-8/h2-4,6-7,10H,5H2,1H3,(H,13,14). The van der Waals surface area contributed by atoms with Crippen molar-refractivity contribution in [2.24, 2.45) is 0 Å². The molecule has 76 valence electrons. The van der Waals surface area contributed by atoms with E-state index in [0.29, 0.717) is 5.25 Å². The summed E-state index contributed by atoms with van der Waals surface area (Å²) in [5.41, 5.74) is 3.69. The predicted molar refractivity (Wildman–Crippen MR) is 64.9 cm³/mol. The Bertz CT molecular complexity index is 519. The van der Waals surface area contributed by atoms with E-state index in [1.165, 1.54) is 16.6 Å². The first-order valence-corrected chi connectivity index (χ1v) is 6.04. The Hall–Kier alpha value is -1.22. The van der Waals surface area contributed by atoms with Gasteiger partial charge in [0.25, 0.3) is 0 Å². The van der Waals surface area contributed by atoms with E-state index >= 15 is 0 Å². The van der Waals surface area contributed by atoms with Crippen LogP contribution in [0.3, 0.4) is 0 Å². The Morgan fingerprint density at radius 1 is 1.53 bits per heavy atom. The molecule has 3 rings (SSSR count). The van der Waals surface area contributed by atoms with Crippen LogP contribution < -0.4 is 0 Å². The molecule has 15 heavy (non-hydrogen) atoms. The SMILES string of the molecule is Cc1[nH]c2ncccc2c1C1CC=CS1. The van der Waals surface area contributed by atoms with E-state index in [1.807, 2.05) is 24.0 Å². The number of nitrogens with zero attached hydrogens (tertiary/aromatic N) is 1. The van der Waals surface area contributed by atoms with Crippen LogP contribution in [-0.4, -0.2) is 9.97 Å². The van der Waals surface area contributed by atoms with Gasteiger partial charge in [0, 0.05) is 22.5 Å². The van der Waals surface area contributed by atoms with Crippen molar-refractivity contribution < 1.29 is 0 Å². The van der Waals surface area contributed by atoms with Gasteiger partial charge in [-0.25, -0.2) is 4.98 Å². The van der Waals surface area contributed by atoms with Gasteiger partial charge in [0.05, 0.1) is 0 Å². The van der Waals surface area contributed by atoms with Crippen molar-refractivity contribution in [3.63, 3.8) is 0 Å². The molecule has 0 bridgehead atoms. The number of aromatic amines is 1. The third-order valence-corrected chi connectivity index (χ3v) is 3.93. The number of fused-ring (bicyclic) bond motifs is 1. The number of thioether (sulfide) groups is 1. The summed E-state index contributed by atoms with van der Waals surface area (Å²) >= 11 is 1.90. The van der Waals surface area contributed by atoms with Crippen molar-refractivity contribution in [1.29, 1.82) is 0 Å². The van der Waals surface area contributed by atoms with Gasteiger partial charge in [0.15, 0.2) is 0 Å². The average molecular weight is 216 g/mol. The number of allylic oxidation sites excluding steroid dienone is 1. The molecule has 1 atom stereocenters. The Morgan fingerprint density at radius 3 is 3.27 bits per heavy atom. The van der Waals surface area contributed by atoms with Crippen LogP contribution in [-0.2, 0) is 0 Å². The van der Waals surface area contributed by atoms with Crippen molar-refractivity contribution in [1.82, 2.24) is 9.97 Å². The highest BCUT2D eigenvalue weighted by molar-refractivity contribution is 8.02. The molecule has 0 aromatic carbocycles. The zero-order valence-electron chi connectivity index (χ0n) is 8.53. The maximum absolute atomic E-state index is 4.35. The number of pyridine rings is 1. The zero-order chi connectivity index (χ0) is 10.3. The van der Waals surface area contributed by atoms with Crippen molar-refractivity contribution >= 4 is 22.8 Å². The van der Waals surface area contributed by atoms with Crippen LogP contribution >= 0.6 is 11.8 Å². The number of aryl methyl sites for hydroxylation is 1. The summed E-state index contributed by atoms with van der Waals surface area (Å²) in [6, 6.07) is 4.16. The number of nitrogens with one attached hydrogen (secondary N) is 1. The van der Waals surface area contributed by atoms with Crippen LogP contribution in [0.2, 0.25) is 0 Å². The van der Waals surface area contributed by atoms with E-state index in [-0.39, 0.29) is 0 Å². The summed E-state index contributed by atoms with van der Waals surface area (Å²) in [6.45, 7) is 2.13. The largest absolute Gasteiger partial charge is 0.343 e. The maximum Gasteiger partial charge on any atom is 0.137 e. The number of aromatic nitrogens is 2. The van der Waals surface area contributed by atoms with Gasteiger partial charge < -0.3 is 4.98 Å². The summed E-state index contributed by atoms with van der Waals surface area (Å²) in [4.78, 5) is 7.70. The third kappa shape index (κ3) is 1.38. The van der Waals surface area contributed by atoms with Gasteiger partial charge in [-0.1, -0.05) is 6.08 Å². The van der Waals surface area contributed by atoms with Crippen LogP contribution in [0.15, 0.2) is 29.8 Å². The van der Waals surface area contributed by atoms with Crippen LogP contribution in [0.5, 0.6) is 0 Å². The fourth-order valence-corrected chi connectivity index (χ4v) is 3.23. The van der Waals surface area contributed by atoms with Crippen LogP contribution in [0.4, 0.5) is 0 Å². The molecular weight excluding hydrogens is 204 g/mol. The monoisotopic (exact) mass is 216 g/mol. The minimum Gasteiger partial charge on any atom is -0.343 e. The molecule has 1 aliphatic rings. The van der Waals surface area contributed by atoms with E-state index in [9.17, 15) is 0 Å². The minimum atomic E-state index is 0.572. The van der Waals surface area contributed by atoms with Crippen molar-refractivity contribution in [3.8, 4) is 0 Å². The molecule has 0 fully saturated rings. The molecule has 0 radical (unpaired) electrons. The molecule has 0 saturated carbocycles. The molecule has 1 aliphatic heterocycles. The Morgan fingerprint density at radius 2 is 2.47 bits per heavy atom. The van der Waals surface area contributed by atoms with Gasteiger partial charge in [0.2, 0.25) is 0 Å². The first kappa shape index (κ1) is 9.04. The Kier molecular flexibility index (Phi) is 2.06. The first-order chi connectivity index (χ1) is 7.36. The summed E-state index contributed by atoms with van der Waals surface area (Å²) in [5, 5.41) is 4.04. The average Bonchev–Trinajstić information content (AvgIpc) is 2.82. The summed E-state index contributed by atoms with van der Waals surface area (Å²) in [7, 11) is 0. The summed E-state index contributed by atoms with van der Waals surface area (Å²) < 4.78 is 0. The van der Waals surface area contributed by atoms with Gasteiger partial charge in [-0.05, 0) is 36.4 Å². The normalized spacial score (nSPS) is 20.2. The maximum atomic E-state index is 4.35. The van der Waals surface area contributed by atoms with Gasteiger partial charge in [0.1, 0.15) is 5.65 Å². The Balaban J connectivity index is 2.19. The second kappa shape index (κ2) is 3.42. The van der Waals surface area contributed by atoms with Crippen molar-refractivity contribution in [2.75, 3.05) is 0 Å². The quantitative estimate of drug-likeness (QED) is 0.789. The molecule has 0 saturated heterocycles. The molecule has 2 nitrogen and oxygen atoms in total. The van der Waals surface area contributed by atoms with Gasteiger partial charge in [-0.15, -0.1) is 11.8 Å². The second-order valence-corrected chi connectivity index (χ2v) is 4.91. The molecule has 1 N–H and O–H groups in total. The fraction of sp³-hybridized carbons (Fsp3) is 0.250. The lowest BCUT2D eigenvalue weighted by Crippen LogP contribution is -1.90. The molecule has 0 aliphatic carbocycles. The van der Waals surface area contributed by atoms with Crippen LogP contribution in [0, 0.1) is 6.92 Å². The summed E-state index contributed by atoms with van der Waals surface area (Å²) in [6.07, 6.45) is 5.21. The van der Waals surface area contributed by atoms with Crippen LogP contribution in [0.25, 0.3) is 11.0 Å². The molecule has 1 unspecified atom stereocenters. The number of H-pyrrole nitrogens is 1.